The summed E-state index contributed by atoms with van der Waals surface area (Å²) in [5, 5.41) is 0. The van der Waals surface area contributed by atoms with Gasteiger partial charge in [0.1, 0.15) is 0 Å². The highest BCUT2D eigenvalue weighted by Crippen LogP contribution is 2.65. The van der Waals surface area contributed by atoms with E-state index >= 15 is 0 Å². The van der Waals surface area contributed by atoms with Gasteiger partial charge in [-0.3, -0.25) is 4.39 Å². The molecule has 2 N–H and O–H groups in total. The lowest BCUT2D eigenvalue weighted by atomic mass is 9.43. The molecule has 2 heteroatoms. The van der Waals surface area contributed by atoms with Crippen LogP contribution in [0.5, 0.6) is 0 Å². The minimum atomic E-state index is -0.141. The van der Waals surface area contributed by atoms with Crippen molar-refractivity contribution in [2.24, 2.45) is 22.5 Å². The van der Waals surface area contributed by atoms with Crippen molar-refractivity contribution in [3.63, 3.8) is 0 Å². The van der Waals surface area contributed by atoms with Crippen LogP contribution in [0.2, 0.25) is 0 Å². The summed E-state index contributed by atoms with van der Waals surface area (Å²) in [5.74, 6) is 0.719. The van der Waals surface area contributed by atoms with Gasteiger partial charge in [-0.2, -0.15) is 0 Å². The van der Waals surface area contributed by atoms with Gasteiger partial charge in [0.15, 0.2) is 0 Å². The Kier molecular flexibility index (Phi) is 1.53. The molecule has 4 fully saturated rings. The largest absolute Gasteiger partial charge is 0.325 e. The van der Waals surface area contributed by atoms with Gasteiger partial charge in [0.2, 0.25) is 0 Å². The first-order valence-electron chi connectivity index (χ1n) is 5.82. The van der Waals surface area contributed by atoms with E-state index in [1.54, 1.807) is 0 Å². The lowest BCUT2D eigenvalue weighted by molar-refractivity contribution is -0.121. The summed E-state index contributed by atoms with van der Waals surface area (Å²) < 4.78 is 13.2. The van der Waals surface area contributed by atoms with Gasteiger partial charge >= 0.3 is 0 Å². The predicted octanol–water partition coefficient (Wildman–Crippen LogP) is 2.64. The maximum Gasteiger partial charge on any atom is 0.0951 e. The monoisotopic (exact) mass is 196 g/mol. The van der Waals surface area contributed by atoms with E-state index in [0.717, 1.165) is 38.0 Å². The summed E-state index contributed by atoms with van der Waals surface area (Å²) in [6, 6.07) is 0. The smallest absolute Gasteiger partial charge is 0.0951 e. The van der Waals surface area contributed by atoms with E-state index < -0.39 is 0 Å². The van der Waals surface area contributed by atoms with Crippen molar-refractivity contribution in [2.45, 2.75) is 51.0 Å². The third-order valence-electron chi connectivity index (χ3n) is 4.79. The fourth-order valence-corrected chi connectivity index (χ4v) is 5.37. The van der Waals surface area contributed by atoms with Crippen LogP contribution in [0.4, 0.5) is 4.39 Å². The van der Waals surface area contributed by atoms with Gasteiger partial charge in [0, 0.05) is 11.0 Å². The lowest BCUT2D eigenvalue weighted by Crippen LogP contribution is -2.63. The molecule has 4 saturated carbocycles. The molecule has 4 aliphatic carbocycles. The van der Waals surface area contributed by atoms with E-state index in [2.05, 4.69) is 6.92 Å². The van der Waals surface area contributed by atoms with Gasteiger partial charge in [-0.05, 0) is 49.9 Å². The molecule has 0 aromatic carbocycles. The molecule has 14 heavy (non-hydrogen) atoms. The van der Waals surface area contributed by atoms with Crippen LogP contribution in [0, 0.1) is 16.7 Å². The van der Waals surface area contributed by atoms with Crippen LogP contribution >= 0.6 is 0 Å². The number of hydrogen-bond donors (Lipinski definition) is 1. The molecule has 0 aromatic rings. The molecule has 0 radical (unpaired) electrons. The summed E-state index contributed by atoms with van der Waals surface area (Å²) in [5.41, 5.74) is 6.72. The molecule has 0 spiro atoms. The van der Waals surface area contributed by atoms with E-state index in [9.17, 15) is 4.39 Å². The highest BCUT2D eigenvalue weighted by atomic mass is 18.2. The van der Waals surface area contributed by atoms with E-state index in [0.29, 0.717) is 5.41 Å². The highest BCUT2D eigenvalue weighted by Gasteiger charge is 2.60. The van der Waals surface area contributed by atoms with Crippen LogP contribution in [-0.4, -0.2) is 12.2 Å². The number of hydrogen-bond acceptors (Lipinski definition) is 1. The van der Waals surface area contributed by atoms with Crippen molar-refractivity contribution in [3.05, 3.63) is 0 Å². The zero-order chi connectivity index (χ0) is 10.0. The average Bonchev–Trinajstić information content (AvgIpc) is 1.97. The zero-order valence-electron chi connectivity index (χ0n) is 8.98. The molecule has 80 valence electrons. The molecule has 0 aliphatic heterocycles. The van der Waals surface area contributed by atoms with Gasteiger partial charge in [0.25, 0.3) is 0 Å². The van der Waals surface area contributed by atoms with Crippen LogP contribution in [0.15, 0.2) is 0 Å². The molecule has 4 unspecified atom stereocenters. The maximum absolute atomic E-state index is 13.2. The molecule has 0 amide bonds. The second-order valence-corrected chi connectivity index (χ2v) is 6.82. The van der Waals surface area contributed by atoms with E-state index in [1.807, 2.05) is 0 Å². The second kappa shape index (κ2) is 2.34. The topological polar surface area (TPSA) is 26.0 Å². The third-order valence-corrected chi connectivity index (χ3v) is 4.79. The lowest BCUT2D eigenvalue weighted by Gasteiger charge is -2.64. The Hall–Kier alpha value is -0.110. The Labute approximate surface area is 85.2 Å². The van der Waals surface area contributed by atoms with Crippen LogP contribution in [0.1, 0.15) is 45.4 Å². The summed E-state index contributed by atoms with van der Waals surface area (Å²) >= 11 is 0. The van der Waals surface area contributed by atoms with Crippen molar-refractivity contribution in [1.82, 2.24) is 0 Å². The molecular formula is C12H20FN. The number of nitrogens with two attached hydrogens (primary N) is 1. The summed E-state index contributed by atoms with van der Waals surface area (Å²) in [6.07, 6.45) is 6.74. The Morgan fingerprint density at radius 2 is 2.00 bits per heavy atom. The Bertz CT molecular complexity index is 257. The van der Waals surface area contributed by atoms with Gasteiger partial charge in [0.05, 0.1) is 6.67 Å². The fourth-order valence-electron chi connectivity index (χ4n) is 5.37. The second-order valence-electron chi connectivity index (χ2n) is 6.82. The zero-order valence-corrected chi connectivity index (χ0v) is 8.98. The Balaban J connectivity index is 2.01. The van der Waals surface area contributed by atoms with Crippen molar-refractivity contribution in [2.75, 3.05) is 6.67 Å². The normalized spacial score (nSPS) is 60.6. The molecule has 0 saturated heterocycles. The van der Waals surface area contributed by atoms with Crippen LogP contribution in [0.25, 0.3) is 0 Å². The van der Waals surface area contributed by atoms with Gasteiger partial charge in [-0.1, -0.05) is 6.92 Å². The standard InChI is InChI=1S/C12H20FN/c1-10-2-9-3-11(5-10,8-13)7-12(14,4-9)6-10/h9H,2-8,14H2,1H3/i13-1. The molecule has 0 heterocycles. The molecular weight excluding hydrogens is 176 g/mol. The average molecular weight is 196 g/mol. The highest BCUT2D eigenvalue weighted by molar-refractivity contribution is 5.14. The first-order chi connectivity index (χ1) is 6.47. The van der Waals surface area contributed by atoms with Crippen LogP contribution in [-0.2, 0) is 0 Å². The molecule has 4 atom stereocenters. The molecule has 4 aliphatic rings. The molecule has 1 nitrogen and oxygen atoms in total. The Morgan fingerprint density at radius 3 is 2.57 bits per heavy atom. The number of halogens is 1. The minimum absolute atomic E-state index is 0.0136. The summed E-state index contributed by atoms with van der Waals surface area (Å²) in [4.78, 5) is 0. The van der Waals surface area contributed by atoms with Gasteiger partial charge < -0.3 is 5.73 Å². The summed E-state index contributed by atoms with van der Waals surface area (Å²) in [7, 11) is 0. The summed E-state index contributed by atoms with van der Waals surface area (Å²) in [6.45, 7) is 2.18. The first-order valence-corrected chi connectivity index (χ1v) is 5.82. The maximum atomic E-state index is 13.2. The van der Waals surface area contributed by atoms with E-state index in [-0.39, 0.29) is 17.6 Å². The van der Waals surface area contributed by atoms with Crippen molar-refractivity contribution in [3.8, 4) is 0 Å². The van der Waals surface area contributed by atoms with E-state index in [1.165, 1.54) is 6.42 Å². The van der Waals surface area contributed by atoms with Crippen LogP contribution < -0.4 is 5.73 Å². The molecule has 0 aromatic heterocycles. The molecule has 4 bridgehead atoms. The SMILES string of the molecule is CC12CC3CC(N)(C1)CC(C[18F])(C3)C2. The Morgan fingerprint density at radius 1 is 1.21 bits per heavy atom. The van der Waals surface area contributed by atoms with Crippen molar-refractivity contribution >= 4 is 0 Å². The van der Waals surface area contributed by atoms with Crippen molar-refractivity contribution in [1.29, 1.82) is 0 Å². The fraction of sp³-hybridized carbons (Fsp3) is 1.00. The molecule has 4 rings (SSSR count). The van der Waals surface area contributed by atoms with Gasteiger partial charge in [-0.15, -0.1) is 0 Å². The number of rotatable bonds is 1. The predicted molar refractivity (Wildman–Crippen MR) is 54.6 cm³/mol. The number of alkyl halides is 1. The van der Waals surface area contributed by atoms with Crippen molar-refractivity contribution < 1.29 is 4.39 Å². The quantitative estimate of drug-likeness (QED) is 0.685. The van der Waals surface area contributed by atoms with Crippen LogP contribution in [0.3, 0.4) is 0 Å². The third kappa shape index (κ3) is 1.09. The minimum Gasteiger partial charge on any atom is -0.325 e. The van der Waals surface area contributed by atoms with E-state index in [4.69, 9.17) is 5.73 Å². The first kappa shape index (κ1) is 9.14. The van der Waals surface area contributed by atoms with Gasteiger partial charge in [-0.25, -0.2) is 0 Å².